The second-order valence-electron chi connectivity index (χ2n) is 5.36. The molecule has 2 aromatic rings. The van der Waals surface area contributed by atoms with Gasteiger partial charge in [0.1, 0.15) is 5.82 Å². The normalized spacial score (nSPS) is 11.8. The van der Waals surface area contributed by atoms with Gasteiger partial charge in [-0.25, -0.2) is 13.4 Å². The Bertz CT molecular complexity index is 786. The molecule has 2 rings (SSSR count). The molecule has 0 aliphatic rings. The molecule has 0 atom stereocenters. The number of aromatic amines is 1. The SMILES string of the molecule is CC(C)c1ncc(S(=O)(=O)N(C)Cc2ccc(C#N)cc2)[nH]1. The quantitative estimate of drug-likeness (QED) is 0.915. The first-order chi connectivity index (χ1) is 10.3. The van der Waals surface area contributed by atoms with E-state index in [1.54, 1.807) is 24.3 Å². The van der Waals surface area contributed by atoms with Crippen molar-refractivity contribution in [2.45, 2.75) is 31.3 Å². The van der Waals surface area contributed by atoms with Crippen LogP contribution in [-0.4, -0.2) is 29.7 Å². The third-order valence-electron chi connectivity index (χ3n) is 3.30. The van der Waals surface area contributed by atoms with Crippen molar-refractivity contribution in [2.75, 3.05) is 7.05 Å². The van der Waals surface area contributed by atoms with Crippen LogP contribution in [0, 0.1) is 11.3 Å². The van der Waals surface area contributed by atoms with Crippen LogP contribution in [0.2, 0.25) is 0 Å². The van der Waals surface area contributed by atoms with E-state index in [2.05, 4.69) is 9.97 Å². The van der Waals surface area contributed by atoms with Gasteiger partial charge >= 0.3 is 0 Å². The van der Waals surface area contributed by atoms with Crippen molar-refractivity contribution in [3.05, 3.63) is 47.4 Å². The van der Waals surface area contributed by atoms with E-state index in [0.717, 1.165) is 5.56 Å². The zero-order chi connectivity index (χ0) is 16.3. The van der Waals surface area contributed by atoms with Crippen LogP contribution in [-0.2, 0) is 16.6 Å². The Labute approximate surface area is 130 Å². The molecular weight excluding hydrogens is 300 g/mol. The summed E-state index contributed by atoms with van der Waals surface area (Å²) in [5.41, 5.74) is 1.36. The highest BCUT2D eigenvalue weighted by Crippen LogP contribution is 2.18. The lowest BCUT2D eigenvalue weighted by Gasteiger charge is -2.16. The lowest BCUT2D eigenvalue weighted by molar-refractivity contribution is 0.464. The number of hydrogen-bond donors (Lipinski definition) is 1. The number of hydrogen-bond acceptors (Lipinski definition) is 4. The maximum atomic E-state index is 12.5. The van der Waals surface area contributed by atoms with E-state index >= 15 is 0 Å². The van der Waals surface area contributed by atoms with Gasteiger partial charge in [0.25, 0.3) is 10.0 Å². The third kappa shape index (κ3) is 3.35. The lowest BCUT2D eigenvalue weighted by Crippen LogP contribution is -2.26. The molecule has 0 spiro atoms. The number of nitrogens with zero attached hydrogens (tertiary/aromatic N) is 3. The maximum absolute atomic E-state index is 12.5. The summed E-state index contributed by atoms with van der Waals surface area (Å²) in [6, 6.07) is 8.86. The van der Waals surface area contributed by atoms with Gasteiger partial charge in [-0.3, -0.25) is 0 Å². The number of H-pyrrole nitrogens is 1. The zero-order valence-corrected chi connectivity index (χ0v) is 13.6. The van der Waals surface area contributed by atoms with Crippen LogP contribution in [0.25, 0.3) is 0 Å². The summed E-state index contributed by atoms with van der Waals surface area (Å²) in [5, 5.41) is 8.86. The van der Waals surface area contributed by atoms with Gasteiger partial charge in [0, 0.05) is 19.5 Å². The number of nitriles is 1. The third-order valence-corrected chi connectivity index (χ3v) is 5.01. The van der Waals surface area contributed by atoms with Crippen LogP contribution in [0.1, 0.15) is 36.7 Å². The molecule has 0 saturated heterocycles. The van der Waals surface area contributed by atoms with E-state index in [9.17, 15) is 8.42 Å². The summed E-state index contributed by atoms with van der Waals surface area (Å²) in [6.07, 6.45) is 1.35. The minimum atomic E-state index is -3.62. The van der Waals surface area contributed by atoms with Crippen LogP contribution in [0.5, 0.6) is 0 Å². The Kier molecular flexibility index (Phi) is 4.64. The summed E-state index contributed by atoms with van der Waals surface area (Å²) in [6.45, 7) is 4.11. The number of rotatable bonds is 5. The van der Waals surface area contributed by atoms with Crippen LogP contribution >= 0.6 is 0 Å². The number of benzene rings is 1. The first kappa shape index (κ1) is 16.2. The second kappa shape index (κ2) is 6.30. The number of sulfonamides is 1. The summed E-state index contributed by atoms with van der Waals surface area (Å²) in [4.78, 5) is 6.95. The Hall–Kier alpha value is -2.17. The van der Waals surface area contributed by atoms with Crippen molar-refractivity contribution in [1.29, 1.82) is 5.26 Å². The fourth-order valence-electron chi connectivity index (χ4n) is 1.94. The average molecular weight is 318 g/mol. The smallest absolute Gasteiger partial charge is 0.260 e. The summed E-state index contributed by atoms with van der Waals surface area (Å²) < 4.78 is 26.3. The molecule has 6 nitrogen and oxygen atoms in total. The largest absolute Gasteiger partial charge is 0.332 e. The van der Waals surface area contributed by atoms with E-state index < -0.39 is 10.0 Å². The van der Waals surface area contributed by atoms with E-state index in [1.165, 1.54) is 17.5 Å². The fraction of sp³-hybridized carbons (Fsp3) is 0.333. The molecule has 0 bridgehead atoms. The van der Waals surface area contributed by atoms with Gasteiger partial charge < -0.3 is 4.98 Å². The Morgan fingerprint density at radius 1 is 1.32 bits per heavy atom. The first-order valence-corrected chi connectivity index (χ1v) is 8.29. The topological polar surface area (TPSA) is 89.8 Å². The van der Waals surface area contributed by atoms with E-state index in [4.69, 9.17) is 5.26 Å². The van der Waals surface area contributed by atoms with Gasteiger partial charge in [0.15, 0.2) is 5.03 Å². The fourth-order valence-corrected chi connectivity index (χ4v) is 3.01. The zero-order valence-electron chi connectivity index (χ0n) is 12.7. The van der Waals surface area contributed by atoms with Gasteiger partial charge in [0.05, 0.1) is 17.8 Å². The molecule has 7 heteroatoms. The van der Waals surface area contributed by atoms with Crippen LogP contribution in [0.4, 0.5) is 0 Å². The van der Waals surface area contributed by atoms with Crippen molar-refractivity contribution in [3.63, 3.8) is 0 Å². The first-order valence-electron chi connectivity index (χ1n) is 6.85. The van der Waals surface area contributed by atoms with Gasteiger partial charge in [-0.05, 0) is 17.7 Å². The van der Waals surface area contributed by atoms with E-state index in [1.807, 2.05) is 19.9 Å². The summed E-state index contributed by atoms with van der Waals surface area (Å²) >= 11 is 0. The highest BCUT2D eigenvalue weighted by atomic mass is 32.2. The number of nitrogens with one attached hydrogen (secondary N) is 1. The molecule has 1 N–H and O–H groups in total. The standard InChI is InChI=1S/C15H18N4O2S/c1-11(2)15-17-9-14(18-15)22(20,21)19(3)10-13-6-4-12(8-16)5-7-13/h4-7,9,11H,10H2,1-3H3,(H,17,18). The van der Waals surface area contributed by atoms with Crippen molar-refractivity contribution in [3.8, 4) is 6.07 Å². The van der Waals surface area contributed by atoms with Crippen LogP contribution in [0.15, 0.2) is 35.5 Å². The molecule has 0 saturated carbocycles. The monoisotopic (exact) mass is 318 g/mol. The van der Waals surface area contributed by atoms with Crippen molar-refractivity contribution in [2.24, 2.45) is 0 Å². The molecule has 0 unspecified atom stereocenters. The molecule has 1 aromatic carbocycles. The predicted octanol–water partition coefficient (Wildman–Crippen LogP) is 2.23. The van der Waals surface area contributed by atoms with Crippen molar-refractivity contribution >= 4 is 10.0 Å². The van der Waals surface area contributed by atoms with E-state index in [-0.39, 0.29) is 17.5 Å². The van der Waals surface area contributed by atoms with Gasteiger partial charge in [-0.2, -0.15) is 9.57 Å². The molecule has 0 fully saturated rings. The molecule has 116 valence electrons. The van der Waals surface area contributed by atoms with Gasteiger partial charge in [-0.1, -0.05) is 26.0 Å². The molecule has 0 radical (unpaired) electrons. The minimum absolute atomic E-state index is 0.0901. The van der Waals surface area contributed by atoms with Crippen LogP contribution < -0.4 is 0 Å². The van der Waals surface area contributed by atoms with Gasteiger partial charge in [-0.15, -0.1) is 0 Å². The average Bonchev–Trinajstić information content (AvgIpc) is 2.98. The Morgan fingerprint density at radius 2 is 1.95 bits per heavy atom. The highest BCUT2D eigenvalue weighted by molar-refractivity contribution is 7.89. The maximum Gasteiger partial charge on any atom is 0.260 e. The van der Waals surface area contributed by atoms with Crippen molar-refractivity contribution < 1.29 is 8.42 Å². The highest BCUT2D eigenvalue weighted by Gasteiger charge is 2.23. The van der Waals surface area contributed by atoms with E-state index in [0.29, 0.717) is 11.4 Å². The Balaban J connectivity index is 2.19. The summed E-state index contributed by atoms with van der Waals surface area (Å²) in [5.74, 6) is 0.776. The molecule has 1 heterocycles. The molecule has 0 amide bonds. The van der Waals surface area contributed by atoms with Crippen molar-refractivity contribution in [1.82, 2.24) is 14.3 Å². The molecule has 22 heavy (non-hydrogen) atoms. The molecular formula is C15H18N4O2S. The second-order valence-corrected chi connectivity index (χ2v) is 7.37. The van der Waals surface area contributed by atoms with Crippen LogP contribution in [0.3, 0.4) is 0 Å². The minimum Gasteiger partial charge on any atom is -0.332 e. The molecule has 1 aromatic heterocycles. The molecule has 0 aliphatic carbocycles. The predicted molar refractivity (Wildman–Crippen MR) is 82.5 cm³/mol. The lowest BCUT2D eigenvalue weighted by atomic mass is 10.1. The number of aromatic nitrogens is 2. The van der Waals surface area contributed by atoms with Gasteiger partial charge in [0.2, 0.25) is 0 Å². The molecule has 0 aliphatic heterocycles. The summed E-state index contributed by atoms with van der Waals surface area (Å²) in [7, 11) is -2.10. The Morgan fingerprint density at radius 3 is 2.45 bits per heavy atom. The number of imidazole rings is 1.